The molecule has 1 N–H and O–H groups in total. The number of rotatable bonds is 2. The molecule has 3 unspecified atom stereocenters. The molecule has 3 amide bonds. The van der Waals surface area contributed by atoms with Crippen LogP contribution in [0.3, 0.4) is 0 Å². The van der Waals surface area contributed by atoms with Crippen molar-refractivity contribution in [2.24, 2.45) is 5.92 Å². The van der Waals surface area contributed by atoms with Crippen molar-refractivity contribution in [2.45, 2.75) is 31.2 Å². The van der Waals surface area contributed by atoms with E-state index >= 15 is 0 Å². The van der Waals surface area contributed by atoms with Gasteiger partial charge in [-0.25, -0.2) is 9.69 Å². The molecule has 2 fully saturated rings. The van der Waals surface area contributed by atoms with Gasteiger partial charge in [-0.1, -0.05) is 30.3 Å². The molecular weight excluding hydrogens is 352 g/mol. The summed E-state index contributed by atoms with van der Waals surface area (Å²) in [4.78, 5) is 35.9. The summed E-state index contributed by atoms with van der Waals surface area (Å²) in [6.07, 6.45) is 9.40. The lowest BCUT2D eigenvalue weighted by Crippen LogP contribution is -2.61. The van der Waals surface area contributed by atoms with E-state index in [9.17, 15) is 9.59 Å². The summed E-state index contributed by atoms with van der Waals surface area (Å²) >= 11 is 0. The molecule has 28 heavy (non-hydrogen) atoms. The lowest BCUT2D eigenvalue weighted by atomic mass is 9.74. The van der Waals surface area contributed by atoms with Crippen LogP contribution < -0.4 is 10.2 Å². The maximum atomic E-state index is 13.3. The maximum Gasteiger partial charge on any atom is 0.329 e. The summed E-state index contributed by atoms with van der Waals surface area (Å²) in [5.74, 6) is -0.0186. The molecule has 2 aromatic heterocycles. The Bertz CT molecular complexity index is 1050. The normalized spacial score (nSPS) is 24.7. The number of imide groups is 1. The van der Waals surface area contributed by atoms with Gasteiger partial charge in [0, 0.05) is 35.4 Å². The molecular formula is C22H20N4O2. The molecule has 1 aliphatic heterocycles. The van der Waals surface area contributed by atoms with E-state index in [-0.39, 0.29) is 23.9 Å². The van der Waals surface area contributed by atoms with Crippen LogP contribution in [0, 0.1) is 5.92 Å². The molecule has 1 aliphatic carbocycles. The molecule has 2 aliphatic rings. The van der Waals surface area contributed by atoms with Crippen LogP contribution in [0.4, 0.5) is 10.5 Å². The lowest BCUT2D eigenvalue weighted by molar-refractivity contribution is -0.124. The molecule has 0 spiro atoms. The van der Waals surface area contributed by atoms with Gasteiger partial charge in [-0.15, -0.1) is 0 Å². The third-order valence-corrected chi connectivity index (χ3v) is 5.94. The maximum absolute atomic E-state index is 13.3. The van der Waals surface area contributed by atoms with E-state index in [1.54, 1.807) is 18.6 Å². The highest BCUT2D eigenvalue weighted by Crippen LogP contribution is 2.39. The number of aromatic nitrogens is 2. The van der Waals surface area contributed by atoms with Crippen LogP contribution in [0.5, 0.6) is 0 Å². The molecule has 0 bridgehead atoms. The van der Waals surface area contributed by atoms with Crippen LogP contribution in [0.25, 0.3) is 10.8 Å². The SMILES string of the molecule is O=C1NC2CC(c3cccnc3)CCC2C(=O)N1c1cncc2ccccc12. The second-order valence-electron chi connectivity index (χ2n) is 7.51. The van der Waals surface area contributed by atoms with Gasteiger partial charge in [0.2, 0.25) is 5.91 Å². The number of urea groups is 1. The largest absolute Gasteiger partial charge is 0.334 e. The van der Waals surface area contributed by atoms with Crippen LogP contribution in [0.15, 0.2) is 61.2 Å². The Morgan fingerprint density at radius 1 is 0.964 bits per heavy atom. The zero-order valence-corrected chi connectivity index (χ0v) is 15.3. The predicted molar refractivity (Wildman–Crippen MR) is 106 cm³/mol. The molecule has 1 saturated heterocycles. The standard InChI is InChI=1S/C22H20N4O2/c27-21-18-8-7-14(15-5-3-9-23-11-15)10-19(18)25-22(28)26(21)20-13-24-12-16-4-1-2-6-17(16)20/h1-6,9,11-14,18-19H,7-8,10H2,(H,25,28). The van der Waals surface area contributed by atoms with E-state index in [0.29, 0.717) is 11.6 Å². The van der Waals surface area contributed by atoms with Crippen LogP contribution in [-0.4, -0.2) is 27.9 Å². The fourth-order valence-corrected chi connectivity index (χ4v) is 4.54. The fraction of sp³-hybridized carbons (Fsp3) is 0.273. The van der Waals surface area contributed by atoms with Crippen molar-refractivity contribution in [3.63, 3.8) is 0 Å². The first kappa shape index (κ1) is 16.9. The van der Waals surface area contributed by atoms with Crippen molar-refractivity contribution in [1.82, 2.24) is 15.3 Å². The number of fused-ring (bicyclic) bond motifs is 2. The minimum Gasteiger partial charge on any atom is -0.334 e. The Morgan fingerprint density at radius 3 is 2.71 bits per heavy atom. The Labute approximate surface area is 162 Å². The first-order valence-electron chi connectivity index (χ1n) is 9.59. The molecule has 3 aromatic rings. The average Bonchev–Trinajstić information content (AvgIpc) is 2.74. The number of nitrogens with zero attached hydrogens (tertiary/aromatic N) is 3. The number of hydrogen-bond acceptors (Lipinski definition) is 4. The number of carbonyl (C=O) groups excluding carboxylic acids is 2. The van der Waals surface area contributed by atoms with Crippen molar-refractivity contribution in [3.8, 4) is 0 Å². The zero-order valence-electron chi connectivity index (χ0n) is 15.3. The van der Waals surface area contributed by atoms with E-state index in [1.165, 1.54) is 10.5 Å². The summed E-state index contributed by atoms with van der Waals surface area (Å²) in [5, 5.41) is 4.84. The third kappa shape index (κ3) is 2.72. The zero-order chi connectivity index (χ0) is 19.1. The molecule has 5 rings (SSSR count). The third-order valence-electron chi connectivity index (χ3n) is 5.94. The molecule has 1 saturated carbocycles. The predicted octanol–water partition coefficient (Wildman–Crippen LogP) is 3.64. The minimum atomic E-state index is -0.365. The van der Waals surface area contributed by atoms with Crippen LogP contribution in [0.1, 0.15) is 30.7 Å². The van der Waals surface area contributed by atoms with Gasteiger partial charge in [-0.05, 0) is 36.8 Å². The summed E-state index contributed by atoms with van der Waals surface area (Å²) in [5.41, 5.74) is 1.72. The van der Waals surface area contributed by atoms with E-state index in [4.69, 9.17) is 0 Å². The van der Waals surface area contributed by atoms with Gasteiger partial charge in [0.05, 0.1) is 17.8 Å². The number of anilines is 1. The second kappa shape index (κ2) is 6.71. The highest BCUT2D eigenvalue weighted by molar-refractivity contribution is 6.20. The van der Waals surface area contributed by atoms with Crippen LogP contribution in [0.2, 0.25) is 0 Å². The van der Waals surface area contributed by atoms with Gasteiger partial charge >= 0.3 is 6.03 Å². The molecule has 0 radical (unpaired) electrons. The first-order chi connectivity index (χ1) is 13.7. The highest BCUT2D eigenvalue weighted by atomic mass is 16.2. The lowest BCUT2D eigenvalue weighted by Gasteiger charge is -2.42. The van der Waals surface area contributed by atoms with Crippen LogP contribution in [-0.2, 0) is 4.79 Å². The van der Waals surface area contributed by atoms with Gasteiger partial charge < -0.3 is 5.32 Å². The van der Waals surface area contributed by atoms with Gasteiger partial charge in [-0.2, -0.15) is 0 Å². The number of carbonyl (C=O) groups is 2. The molecule has 140 valence electrons. The first-order valence-corrected chi connectivity index (χ1v) is 9.59. The van der Waals surface area contributed by atoms with E-state index in [0.717, 1.165) is 30.0 Å². The second-order valence-corrected chi connectivity index (χ2v) is 7.51. The van der Waals surface area contributed by atoms with E-state index in [1.807, 2.05) is 36.5 Å². The van der Waals surface area contributed by atoms with E-state index < -0.39 is 0 Å². The van der Waals surface area contributed by atoms with Crippen molar-refractivity contribution in [2.75, 3.05) is 4.90 Å². The Kier molecular flexibility index (Phi) is 4.04. The molecule has 3 heterocycles. The Balaban J connectivity index is 1.45. The number of hydrogen-bond donors (Lipinski definition) is 1. The number of benzene rings is 1. The highest BCUT2D eigenvalue weighted by Gasteiger charge is 2.45. The number of pyridine rings is 2. The Hall–Kier alpha value is -3.28. The fourth-order valence-electron chi connectivity index (χ4n) is 4.54. The van der Waals surface area contributed by atoms with E-state index in [2.05, 4.69) is 21.4 Å². The summed E-state index contributed by atoms with van der Waals surface area (Å²) in [6, 6.07) is 11.2. The van der Waals surface area contributed by atoms with Gasteiger partial charge in [0.25, 0.3) is 0 Å². The van der Waals surface area contributed by atoms with Crippen molar-refractivity contribution in [3.05, 3.63) is 66.7 Å². The number of nitrogens with one attached hydrogen (secondary N) is 1. The summed E-state index contributed by atoms with van der Waals surface area (Å²) < 4.78 is 0. The van der Waals surface area contributed by atoms with Crippen molar-refractivity contribution < 1.29 is 9.59 Å². The van der Waals surface area contributed by atoms with Gasteiger partial charge in [0.15, 0.2) is 0 Å². The van der Waals surface area contributed by atoms with Crippen molar-refractivity contribution >= 4 is 28.4 Å². The van der Waals surface area contributed by atoms with Crippen molar-refractivity contribution in [1.29, 1.82) is 0 Å². The van der Waals surface area contributed by atoms with Gasteiger partial charge in [0.1, 0.15) is 0 Å². The summed E-state index contributed by atoms with van der Waals surface area (Å²) in [7, 11) is 0. The minimum absolute atomic E-state index is 0.128. The molecule has 1 aromatic carbocycles. The summed E-state index contributed by atoms with van der Waals surface area (Å²) in [6.45, 7) is 0. The molecule has 6 nitrogen and oxygen atoms in total. The van der Waals surface area contributed by atoms with Crippen LogP contribution >= 0.6 is 0 Å². The number of amides is 3. The smallest absolute Gasteiger partial charge is 0.329 e. The monoisotopic (exact) mass is 372 g/mol. The molecule has 3 atom stereocenters. The Morgan fingerprint density at radius 2 is 1.86 bits per heavy atom. The quantitative estimate of drug-likeness (QED) is 0.745. The van der Waals surface area contributed by atoms with Gasteiger partial charge in [-0.3, -0.25) is 14.8 Å². The molecule has 6 heteroatoms. The average molecular weight is 372 g/mol. The topological polar surface area (TPSA) is 75.2 Å².